The summed E-state index contributed by atoms with van der Waals surface area (Å²) < 4.78 is 28.6. The first-order valence-corrected chi connectivity index (χ1v) is 8.73. The van der Waals surface area contributed by atoms with Gasteiger partial charge in [0.25, 0.3) is 10.0 Å². The molecule has 0 unspecified atom stereocenters. The quantitative estimate of drug-likeness (QED) is 0.851. The molecule has 21 heavy (non-hydrogen) atoms. The van der Waals surface area contributed by atoms with Gasteiger partial charge in [0.1, 0.15) is 0 Å². The van der Waals surface area contributed by atoms with Crippen LogP contribution >= 0.6 is 15.9 Å². The minimum Gasteiger partial charge on any atom is -0.316 e. The lowest BCUT2D eigenvalue weighted by atomic mass is 10.2. The van der Waals surface area contributed by atoms with Crippen LogP contribution in [0.25, 0.3) is 0 Å². The molecule has 0 spiro atoms. The van der Waals surface area contributed by atoms with Gasteiger partial charge in [-0.2, -0.15) is 0 Å². The molecule has 0 aliphatic rings. The van der Waals surface area contributed by atoms with E-state index in [9.17, 15) is 8.42 Å². The zero-order chi connectivity index (χ0) is 15.5. The van der Waals surface area contributed by atoms with Crippen molar-refractivity contribution in [2.24, 2.45) is 0 Å². The molecule has 2 aromatic carbocycles. The van der Waals surface area contributed by atoms with Gasteiger partial charge in [-0.3, -0.25) is 4.72 Å². The molecule has 0 saturated carbocycles. The van der Waals surface area contributed by atoms with E-state index in [2.05, 4.69) is 26.0 Å². The van der Waals surface area contributed by atoms with Crippen LogP contribution in [0.2, 0.25) is 0 Å². The first kappa shape index (κ1) is 16.0. The van der Waals surface area contributed by atoms with Crippen molar-refractivity contribution in [1.29, 1.82) is 0 Å². The Morgan fingerprint density at radius 3 is 2.57 bits per heavy atom. The fraction of sp³-hybridized carbons (Fsp3) is 0.200. The summed E-state index contributed by atoms with van der Waals surface area (Å²) in [6.07, 6.45) is 0. The molecule has 112 valence electrons. The summed E-state index contributed by atoms with van der Waals surface area (Å²) >= 11 is 3.37. The van der Waals surface area contributed by atoms with Crippen LogP contribution in [0.4, 0.5) is 5.69 Å². The summed E-state index contributed by atoms with van der Waals surface area (Å²) in [7, 11) is -1.84. The lowest BCUT2D eigenvalue weighted by molar-refractivity contribution is 0.599. The van der Waals surface area contributed by atoms with Gasteiger partial charge in [-0.15, -0.1) is 0 Å². The average molecular weight is 369 g/mol. The Labute approximate surface area is 133 Å². The molecular formula is C15H17BrN2O2S. The molecule has 2 aromatic rings. The summed E-state index contributed by atoms with van der Waals surface area (Å²) in [5, 5.41) is 2.98. The molecule has 4 nitrogen and oxygen atoms in total. The van der Waals surface area contributed by atoms with Crippen molar-refractivity contribution >= 4 is 31.6 Å². The fourth-order valence-electron chi connectivity index (χ4n) is 2.02. The van der Waals surface area contributed by atoms with E-state index in [1.807, 2.05) is 25.1 Å². The molecule has 0 radical (unpaired) electrons. The van der Waals surface area contributed by atoms with Crippen LogP contribution in [0.5, 0.6) is 0 Å². The van der Waals surface area contributed by atoms with Crippen LogP contribution in [0.3, 0.4) is 0 Å². The molecule has 0 fully saturated rings. The highest BCUT2D eigenvalue weighted by Gasteiger charge is 2.19. The van der Waals surface area contributed by atoms with E-state index in [4.69, 9.17) is 0 Å². The molecule has 0 aromatic heterocycles. The minimum absolute atomic E-state index is 0.285. The average Bonchev–Trinajstić information content (AvgIpc) is 2.43. The van der Waals surface area contributed by atoms with E-state index in [-0.39, 0.29) is 4.90 Å². The third kappa shape index (κ3) is 3.84. The predicted octanol–water partition coefficient (Wildman–Crippen LogP) is 3.28. The van der Waals surface area contributed by atoms with E-state index in [0.29, 0.717) is 16.7 Å². The zero-order valence-electron chi connectivity index (χ0n) is 11.9. The Bertz CT molecular complexity index is 745. The van der Waals surface area contributed by atoms with Crippen LogP contribution in [-0.2, 0) is 16.6 Å². The number of rotatable bonds is 5. The monoisotopic (exact) mass is 368 g/mol. The molecule has 0 amide bonds. The van der Waals surface area contributed by atoms with Gasteiger partial charge in [0, 0.05) is 11.0 Å². The van der Waals surface area contributed by atoms with Gasteiger partial charge in [-0.25, -0.2) is 8.42 Å². The first-order chi connectivity index (χ1) is 9.94. The lowest BCUT2D eigenvalue weighted by Gasteiger charge is -2.13. The molecule has 6 heteroatoms. The normalized spacial score (nSPS) is 11.4. The van der Waals surface area contributed by atoms with Crippen molar-refractivity contribution < 1.29 is 8.42 Å². The summed E-state index contributed by atoms with van der Waals surface area (Å²) in [4.78, 5) is 0.285. The second-order valence-electron chi connectivity index (χ2n) is 4.73. The van der Waals surface area contributed by atoms with Crippen molar-refractivity contribution in [3.8, 4) is 0 Å². The van der Waals surface area contributed by atoms with E-state index < -0.39 is 10.0 Å². The molecule has 0 aliphatic carbocycles. The Morgan fingerprint density at radius 2 is 1.86 bits per heavy atom. The SMILES string of the molecule is CNCc1ccccc1S(=O)(=O)Nc1cc(C)ccc1Br. The Kier molecular flexibility index (Phi) is 5.03. The van der Waals surface area contributed by atoms with Crippen LogP contribution in [0.1, 0.15) is 11.1 Å². The number of hydrogen-bond acceptors (Lipinski definition) is 3. The zero-order valence-corrected chi connectivity index (χ0v) is 14.3. The van der Waals surface area contributed by atoms with Crippen LogP contribution in [0.15, 0.2) is 51.8 Å². The Balaban J connectivity index is 2.41. The lowest BCUT2D eigenvalue weighted by Crippen LogP contribution is -2.17. The highest BCUT2D eigenvalue weighted by molar-refractivity contribution is 9.10. The third-order valence-corrected chi connectivity index (χ3v) is 5.15. The topological polar surface area (TPSA) is 58.2 Å². The predicted molar refractivity (Wildman–Crippen MR) is 88.9 cm³/mol. The molecule has 2 rings (SSSR count). The smallest absolute Gasteiger partial charge is 0.262 e. The van der Waals surface area contributed by atoms with Crippen molar-refractivity contribution in [2.75, 3.05) is 11.8 Å². The molecule has 0 atom stereocenters. The van der Waals surface area contributed by atoms with Crippen LogP contribution in [-0.4, -0.2) is 15.5 Å². The third-order valence-electron chi connectivity index (χ3n) is 3.00. The Morgan fingerprint density at radius 1 is 1.14 bits per heavy atom. The molecule has 0 bridgehead atoms. The summed E-state index contributed by atoms with van der Waals surface area (Å²) in [5.41, 5.74) is 2.25. The minimum atomic E-state index is -3.63. The maximum absolute atomic E-state index is 12.6. The number of nitrogens with one attached hydrogen (secondary N) is 2. The van der Waals surface area contributed by atoms with Gasteiger partial charge in [0.15, 0.2) is 0 Å². The van der Waals surface area contributed by atoms with Crippen molar-refractivity contribution in [3.63, 3.8) is 0 Å². The molecule has 2 N–H and O–H groups in total. The summed E-state index contributed by atoms with van der Waals surface area (Å²) in [6.45, 7) is 2.41. The van der Waals surface area contributed by atoms with Crippen molar-refractivity contribution in [3.05, 3.63) is 58.1 Å². The van der Waals surface area contributed by atoms with Gasteiger partial charge in [0.05, 0.1) is 10.6 Å². The number of benzene rings is 2. The van der Waals surface area contributed by atoms with Crippen LogP contribution in [0, 0.1) is 6.92 Å². The number of aryl methyl sites for hydroxylation is 1. The number of hydrogen-bond donors (Lipinski definition) is 2. The van der Waals surface area contributed by atoms with Crippen molar-refractivity contribution in [1.82, 2.24) is 5.32 Å². The number of halogens is 1. The van der Waals surface area contributed by atoms with Gasteiger partial charge in [-0.05, 0) is 59.2 Å². The number of anilines is 1. The molecule has 0 saturated heterocycles. The number of sulfonamides is 1. The van der Waals surface area contributed by atoms with Crippen molar-refractivity contribution in [2.45, 2.75) is 18.4 Å². The summed E-state index contributed by atoms with van der Waals surface area (Å²) in [6, 6.07) is 12.5. The van der Waals surface area contributed by atoms with E-state index in [0.717, 1.165) is 11.1 Å². The van der Waals surface area contributed by atoms with Gasteiger partial charge in [-0.1, -0.05) is 24.3 Å². The largest absolute Gasteiger partial charge is 0.316 e. The Hall–Kier alpha value is -1.37. The second kappa shape index (κ2) is 6.60. The highest BCUT2D eigenvalue weighted by Crippen LogP contribution is 2.27. The fourth-order valence-corrected chi connectivity index (χ4v) is 3.81. The van der Waals surface area contributed by atoms with Crippen LogP contribution < -0.4 is 10.0 Å². The van der Waals surface area contributed by atoms with E-state index in [1.165, 1.54) is 0 Å². The molecule has 0 aliphatic heterocycles. The molecule has 0 heterocycles. The first-order valence-electron chi connectivity index (χ1n) is 6.45. The summed E-state index contributed by atoms with van der Waals surface area (Å²) in [5.74, 6) is 0. The van der Waals surface area contributed by atoms with Gasteiger partial charge >= 0.3 is 0 Å². The van der Waals surface area contributed by atoms with Gasteiger partial charge in [0.2, 0.25) is 0 Å². The highest BCUT2D eigenvalue weighted by atomic mass is 79.9. The standard InChI is InChI=1S/C15H17BrN2O2S/c1-11-7-8-13(16)14(9-11)18-21(19,20)15-6-4-3-5-12(15)10-17-2/h3-9,17-18H,10H2,1-2H3. The van der Waals surface area contributed by atoms with E-state index in [1.54, 1.807) is 31.3 Å². The second-order valence-corrected chi connectivity index (χ2v) is 7.23. The maximum atomic E-state index is 12.6. The van der Waals surface area contributed by atoms with Gasteiger partial charge < -0.3 is 5.32 Å². The molecular weight excluding hydrogens is 352 g/mol. The maximum Gasteiger partial charge on any atom is 0.262 e. The van der Waals surface area contributed by atoms with E-state index >= 15 is 0 Å².